The first-order valence-electron chi connectivity index (χ1n) is 22.7. The molecule has 0 aliphatic carbocycles. The second kappa shape index (κ2) is 25.9. The number of aromatic nitrogens is 2. The van der Waals surface area contributed by atoms with Crippen LogP contribution in [0.4, 0.5) is 0 Å². The van der Waals surface area contributed by atoms with E-state index in [0.717, 1.165) is 32.9 Å². The molecule has 0 saturated carbocycles. The second-order valence-electron chi connectivity index (χ2n) is 16.6. The highest BCUT2D eigenvalue weighted by molar-refractivity contribution is 9.11. The van der Waals surface area contributed by atoms with Gasteiger partial charge in [-0.2, -0.15) is 0 Å². The molecule has 2 atom stereocenters. The number of nitrogens with zero attached hydrogens (tertiary/aromatic N) is 2. The maximum absolute atomic E-state index is 5.22. The van der Waals surface area contributed by atoms with Crippen LogP contribution in [0.25, 0.3) is 40.2 Å². The summed E-state index contributed by atoms with van der Waals surface area (Å²) in [4.78, 5) is 13.0. The van der Waals surface area contributed by atoms with Crippen molar-refractivity contribution < 1.29 is 0 Å². The fourth-order valence-electron chi connectivity index (χ4n) is 8.33. The molecule has 2 nitrogen and oxygen atoms in total. The predicted molar refractivity (Wildman–Crippen MR) is 263 cm³/mol. The Hall–Kier alpha value is -0.640. The largest absolute Gasteiger partial charge is 0.235 e. The molecule has 310 valence electrons. The molecule has 0 fully saturated rings. The number of unbranched alkanes of at least 4 members (excludes halogenated alkanes) is 16. The molecule has 0 saturated heterocycles. The molecule has 0 amide bonds. The van der Waals surface area contributed by atoms with Gasteiger partial charge in [0.15, 0.2) is 0 Å². The summed E-state index contributed by atoms with van der Waals surface area (Å²) in [5.74, 6) is 1.56. The maximum atomic E-state index is 5.22. The summed E-state index contributed by atoms with van der Waals surface area (Å²) < 4.78 is 5.07. The van der Waals surface area contributed by atoms with Crippen LogP contribution < -0.4 is 0 Å². The Morgan fingerprint density at radius 3 is 1.11 bits per heavy atom. The van der Waals surface area contributed by atoms with Crippen LogP contribution in [-0.2, 0) is 12.8 Å². The average molecular weight is 963 g/mol. The smallest absolute Gasteiger partial charge is 0.134 e. The lowest BCUT2D eigenvalue weighted by Crippen LogP contribution is -2.05. The molecule has 8 heteroatoms. The lowest BCUT2D eigenvalue weighted by Gasteiger charge is -2.17. The van der Waals surface area contributed by atoms with Crippen molar-refractivity contribution in [3.8, 4) is 19.8 Å². The van der Waals surface area contributed by atoms with E-state index in [1.807, 2.05) is 45.3 Å². The van der Waals surface area contributed by atoms with Crippen LogP contribution in [0, 0.1) is 11.8 Å². The molecule has 5 rings (SSSR count). The topological polar surface area (TPSA) is 25.8 Å². The van der Waals surface area contributed by atoms with E-state index in [4.69, 9.17) is 9.97 Å². The Morgan fingerprint density at radius 2 is 0.750 bits per heavy atom. The van der Waals surface area contributed by atoms with Crippen LogP contribution in [0.2, 0.25) is 0 Å². The van der Waals surface area contributed by atoms with E-state index < -0.39 is 0 Å². The quantitative estimate of drug-likeness (QED) is 0.0429. The summed E-state index contributed by atoms with van der Waals surface area (Å²) in [6.07, 6.45) is 35.3. The first-order chi connectivity index (χ1) is 27.4. The zero-order valence-corrected chi connectivity index (χ0v) is 41.6. The highest BCUT2D eigenvalue weighted by atomic mass is 79.9. The molecule has 0 N–H and O–H groups in total. The third-order valence-corrected chi connectivity index (χ3v) is 18.0. The Balaban J connectivity index is 1.24. The molecule has 2 unspecified atom stereocenters. The van der Waals surface area contributed by atoms with Gasteiger partial charge in [0.1, 0.15) is 10.0 Å². The summed E-state index contributed by atoms with van der Waals surface area (Å²) >= 11 is 15.4. The Bertz CT molecular complexity index is 1650. The zero-order chi connectivity index (χ0) is 39.5. The standard InChI is InChI=1S/C48H70Br2N2S4/c1-5-9-13-17-19-23-27-35(25-21-15-11-7-3)29-37-31-43(53-45(37)49)47-51-39-33-42-40(34-41(39)55-47)52-48(56-42)44-32-38(46(50)54-44)30-36(26-22-16-12-8-4)28-24-20-18-14-10-6-2/h31-36H,5-30H2,1-4H3. The van der Waals surface area contributed by atoms with Crippen molar-refractivity contribution in [2.45, 2.75) is 195 Å². The highest BCUT2D eigenvalue weighted by Crippen LogP contribution is 2.44. The van der Waals surface area contributed by atoms with Gasteiger partial charge in [0.05, 0.1) is 37.8 Å². The molecule has 4 heterocycles. The fraction of sp³-hybridized carbons (Fsp3) is 0.667. The minimum Gasteiger partial charge on any atom is -0.235 e. The van der Waals surface area contributed by atoms with Crippen molar-refractivity contribution in [2.24, 2.45) is 11.8 Å². The molecule has 0 radical (unpaired) electrons. The number of thiophene rings is 2. The summed E-state index contributed by atoms with van der Waals surface area (Å²) in [6, 6.07) is 9.47. The Morgan fingerprint density at radius 1 is 0.429 bits per heavy atom. The third-order valence-electron chi connectivity index (χ3n) is 11.7. The van der Waals surface area contributed by atoms with Crippen LogP contribution in [0.5, 0.6) is 0 Å². The molecular formula is C48H70Br2N2S4. The van der Waals surface area contributed by atoms with E-state index in [2.05, 4.69) is 83.8 Å². The highest BCUT2D eigenvalue weighted by Gasteiger charge is 2.20. The summed E-state index contributed by atoms with van der Waals surface area (Å²) in [5.41, 5.74) is 5.16. The number of hydrogen-bond donors (Lipinski definition) is 0. The minimum atomic E-state index is 0.779. The SMILES string of the molecule is CCCCCCCCC(CCCCCC)Cc1cc(-c2nc3cc4sc(-c5cc(CC(CCCCCC)CCCCCCCC)c(Br)s5)nc4cc3s2)sc1Br. The van der Waals surface area contributed by atoms with Gasteiger partial charge in [-0.25, -0.2) is 9.97 Å². The average Bonchev–Trinajstić information content (AvgIpc) is 3.98. The first kappa shape index (κ1) is 46.4. The second-order valence-corrected chi connectivity index (χ2v) is 23.4. The van der Waals surface area contributed by atoms with E-state index >= 15 is 0 Å². The Kier molecular flexibility index (Phi) is 21.4. The molecule has 5 aromatic rings. The normalized spacial score (nSPS) is 13.1. The molecule has 0 aliphatic heterocycles. The van der Waals surface area contributed by atoms with Gasteiger partial charge >= 0.3 is 0 Å². The number of rotatable bonds is 30. The van der Waals surface area contributed by atoms with Crippen molar-refractivity contribution in [3.05, 3.63) is 43.0 Å². The Labute approximate surface area is 373 Å². The van der Waals surface area contributed by atoms with Gasteiger partial charge in [-0.05, 0) is 91.9 Å². The monoisotopic (exact) mass is 960 g/mol. The van der Waals surface area contributed by atoms with Gasteiger partial charge in [0.2, 0.25) is 0 Å². The lowest BCUT2D eigenvalue weighted by atomic mass is 9.89. The number of benzene rings is 1. The summed E-state index contributed by atoms with van der Waals surface area (Å²) in [7, 11) is 0. The minimum absolute atomic E-state index is 0.779. The molecule has 1 aromatic carbocycles. The van der Waals surface area contributed by atoms with E-state index in [1.165, 1.54) is 205 Å². The van der Waals surface area contributed by atoms with Gasteiger partial charge in [-0.3, -0.25) is 0 Å². The van der Waals surface area contributed by atoms with Crippen LogP contribution in [0.15, 0.2) is 31.8 Å². The van der Waals surface area contributed by atoms with E-state index in [0.29, 0.717) is 0 Å². The molecule has 4 aromatic heterocycles. The van der Waals surface area contributed by atoms with Crippen molar-refractivity contribution in [1.82, 2.24) is 9.97 Å². The third kappa shape index (κ3) is 14.8. The fourth-order valence-corrected chi connectivity index (χ4v) is 13.8. The van der Waals surface area contributed by atoms with Crippen molar-refractivity contribution in [1.29, 1.82) is 0 Å². The first-order valence-corrected chi connectivity index (χ1v) is 27.6. The summed E-state index contributed by atoms with van der Waals surface area (Å²) in [5, 5.41) is 2.28. The summed E-state index contributed by atoms with van der Waals surface area (Å²) in [6.45, 7) is 9.26. The molecule has 0 aliphatic rings. The van der Waals surface area contributed by atoms with E-state index in [9.17, 15) is 0 Å². The van der Waals surface area contributed by atoms with Crippen LogP contribution in [0.3, 0.4) is 0 Å². The van der Waals surface area contributed by atoms with Gasteiger partial charge < -0.3 is 0 Å². The number of halogens is 2. The van der Waals surface area contributed by atoms with E-state index in [1.54, 1.807) is 0 Å². The van der Waals surface area contributed by atoms with Crippen molar-refractivity contribution >= 4 is 97.6 Å². The van der Waals surface area contributed by atoms with Gasteiger partial charge in [0, 0.05) is 0 Å². The van der Waals surface area contributed by atoms with Gasteiger partial charge in [-0.1, -0.05) is 182 Å². The molecule has 56 heavy (non-hydrogen) atoms. The van der Waals surface area contributed by atoms with Crippen molar-refractivity contribution in [3.63, 3.8) is 0 Å². The van der Waals surface area contributed by atoms with Crippen LogP contribution in [0.1, 0.15) is 193 Å². The van der Waals surface area contributed by atoms with Gasteiger partial charge in [0.25, 0.3) is 0 Å². The number of hydrogen-bond acceptors (Lipinski definition) is 6. The zero-order valence-electron chi connectivity index (χ0n) is 35.1. The lowest BCUT2D eigenvalue weighted by molar-refractivity contribution is 0.402. The number of thiazole rings is 2. The van der Waals surface area contributed by atoms with E-state index in [-0.39, 0.29) is 0 Å². The molecular weight excluding hydrogens is 893 g/mol. The van der Waals surface area contributed by atoms with Crippen molar-refractivity contribution in [2.75, 3.05) is 0 Å². The van der Waals surface area contributed by atoms with Crippen LogP contribution in [-0.4, -0.2) is 9.97 Å². The molecule has 0 bridgehead atoms. The predicted octanol–water partition coefficient (Wildman–Crippen LogP) is 19.6. The number of fused-ring (bicyclic) bond motifs is 2. The van der Waals surface area contributed by atoms with Crippen LogP contribution >= 0.6 is 77.2 Å². The molecule has 0 spiro atoms. The maximum Gasteiger partial charge on any atom is 0.134 e. The van der Waals surface area contributed by atoms with Gasteiger partial charge in [-0.15, -0.1) is 45.3 Å².